The van der Waals surface area contributed by atoms with Crippen LogP contribution in [0.3, 0.4) is 0 Å². The van der Waals surface area contributed by atoms with Gasteiger partial charge in [-0.25, -0.2) is 0 Å². The first-order valence-corrected chi connectivity index (χ1v) is 5.44. The maximum absolute atomic E-state index is 3.56. The lowest BCUT2D eigenvalue weighted by Gasteiger charge is -2.15. The van der Waals surface area contributed by atoms with Gasteiger partial charge in [0.15, 0.2) is 0 Å². The molecule has 0 aromatic rings. The zero-order chi connectivity index (χ0) is 8.97. The second-order valence-corrected chi connectivity index (χ2v) is 4.56. The molecule has 0 aliphatic heterocycles. The van der Waals surface area contributed by atoms with Crippen LogP contribution in [0.1, 0.15) is 40.0 Å². The molecule has 0 aromatic carbocycles. The van der Waals surface area contributed by atoms with Crippen molar-refractivity contribution >= 4 is 0 Å². The van der Waals surface area contributed by atoms with E-state index >= 15 is 0 Å². The Morgan fingerprint density at radius 1 is 1.25 bits per heavy atom. The van der Waals surface area contributed by atoms with Gasteiger partial charge in [-0.3, -0.25) is 0 Å². The van der Waals surface area contributed by atoms with Crippen LogP contribution in [0.2, 0.25) is 0 Å². The van der Waals surface area contributed by atoms with Gasteiger partial charge in [0.2, 0.25) is 0 Å². The Balaban J connectivity index is 2.02. The van der Waals surface area contributed by atoms with E-state index in [-0.39, 0.29) is 0 Å². The van der Waals surface area contributed by atoms with Gasteiger partial charge in [-0.05, 0) is 43.7 Å². The van der Waals surface area contributed by atoms with E-state index in [1.54, 1.807) is 0 Å². The Morgan fingerprint density at radius 3 is 2.33 bits per heavy atom. The molecule has 0 saturated heterocycles. The molecule has 12 heavy (non-hydrogen) atoms. The fraction of sp³-hybridized carbons (Fsp3) is 1.00. The minimum atomic E-state index is 0.793. The van der Waals surface area contributed by atoms with Gasteiger partial charge >= 0.3 is 0 Å². The molecule has 1 aliphatic carbocycles. The largest absolute Gasteiger partial charge is 0.316 e. The minimum Gasteiger partial charge on any atom is -0.316 e. The standard InChI is InChI=1S/C11H23N/c1-4-10(11-5-6-11)8-12-7-9(2)3/h9-12H,4-8H2,1-3H3. The molecule has 0 amide bonds. The molecule has 1 fully saturated rings. The molecule has 1 aliphatic rings. The van der Waals surface area contributed by atoms with E-state index in [1.807, 2.05) is 0 Å². The average molecular weight is 169 g/mol. The molecule has 0 heterocycles. The van der Waals surface area contributed by atoms with Crippen molar-refractivity contribution in [2.45, 2.75) is 40.0 Å². The zero-order valence-corrected chi connectivity index (χ0v) is 8.77. The second-order valence-electron chi connectivity index (χ2n) is 4.56. The Labute approximate surface area is 76.9 Å². The molecular weight excluding hydrogens is 146 g/mol. The molecule has 1 N–H and O–H groups in total. The van der Waals surface area contributed by atoms with Gasteiger partial charge in [0, 0.05) is 0 Å². The van der Waals surface area contributed by atoms with E-state index in [2.05, 4.69) is 26.1 Å². The highest BCUT2D eigenvalue weighted by Gasteiger charge is 2.29. The molecule has 0 radical (unpaired) electrons. The summed E-state index contributed by atoms with van der Waals surface area (Å²) in [6.45, 7) is 9.29. The van der Waals surface area contributed by atoms with E-state index in [0.717, 1.165) is 17.8 Å². The van der Waals surface area contributed by atoms with Gasteiger partial charge < -0.3 is 5.32 Å². The molecular formula is C11H23N. The third-order valence-corrected chi connectivity index (χ3v) is 2.77. The number of hydrogen-bond acceptors (Lipinski definition) is 1. The Kier molecular flexibility index (Phi) is 4.07. The minimum absolute atomic E-state index is 0.793. The number of nitrogens with one attached hydrogen (secondary N) is 1. The van der Waals surface area contributed by atoms with Crippen LogP contribution in [0, 0.1) is 17.8 Å². The van der Waals surface area contributed by atoms with Crippen LogP contribution in [0.25, 0.3) is 0 Å². The highest BCUT2D eigenvalue weighted by atomic mass is 14.9. The Hall–Kier alpha value is -0.0400. The predicted molar refractivity (Wildman–Crippen MR) is 54.2 cm³/mol. The monoisotopic (exact) mass is 169 g/mol. The quantitative estimate of drug-likeness (QED) is 0.644. The number of rotatable bonds is 6. The van der Waals surface area contributed by atoms with Crippen LogP contribution in [0.15, 0.2) is 0 Å². The van der Waals surface area contributed by atoms with Gasteiger partial charge in [-0.2, -0.15) is 0 Å². The third kappa shape index (κ3) is 3.57. The van der Waals surface area contributed by atoms with E-state index in [9.17, 15) is 0 Å². The van der Waals surface area contributed by atoms with E-state index in [4.69, 9.17) is 0 Å². The molecule has 1 unspecified atom stereocenters. The summed E-state index contributed by atoms with van der Waals surface area (Å²) in [5, 5.41) is 3.56. The summed E-state index contributed by atoms with van der Waals surface area (Å²) in [6, 6.07) is 0. The van der Waals surface area contributed by atoms with Gasteiger partial charge in [-0.1, -0.05) is 27.2 Å². The summed E-state index contributed by atoms with van der Waals surface area (Å²) in [4.78, 5) is 0. The molecule has 1 atom stereocenters. The van der Waals surface area contributed by atoms with Gasteiger partial charge in [0.1, 0.15) is 0 Å². The lowest BCUT2D eigenvalue weighted by atomic mass is 10.0. The van der Waals surface area contributed by atoms with E-state index in [1.165, 1.54) is 32.4 Å². The number of hydrogen-bond donors (Lipinski definition) is 1. The Morgan fingerprint density at radius 2 is 1.92 bits per heavy atom. The van der Waals surface area contributed by atoms with Gasteiger partial charge in [0.25, 0.3) is 0 Å². The van der Waals surface area contributed by atoms with Crippen molar-refractivity contribution in [1.82, 2.24) is 5.32 Å². The summed E-state index contributed by atoms with van der Waals surface area (Å²) in [6.07, 6.45) is 4.33. The van der Waals surface area contributed by atoms with Crippen molar-refractivity contribution in [3.8, 4) is 0 Å². The normalized spacial score (nSPS) is 20.0. The zero-order valence-electron chi connectivity index (χ0n) is 8.77. The van der Waals surface area contributed by atoms with Crippen LogP contribution in [-0.4, -0.2) is 13.1 Å². The first-order valence-electron chi connectivity index (χ1n) is 5.44. The maximum Gasteiger partial charge on any atom is -0.00179 e. The third-order valence-electron chi connectivity index (χ3n) is 2.77. The molecule has 0 aromatic heterocycles. The lowest BCUT2D eigenvalue weighted by Crippen LogP contribution is -2.27. The van der Waals surface area contributed by atoms with Crippen LogP contribution < -0.4 is 5.32 Å². The second kappa shape index (κ2) is 4.86. The molecule has 1 rings (SSSR count). The fourth-order valence-electron chi connectivity index (χ4n) is 1.77. The summed E-state index contributed by atoms with van der Waals surface area (Å²) in [5.74, 6) is 2.82. The molecule has 0 bridgehead atoms. The van der Waals surface area contributed by atoms with E-state index in [0.29, 0.717) is 0 Å². The van der Waals surface area contributed by atoms with E-state index < -0.39 is 0 Å². The summed E-state index contributed by atoms with van der Waals surface area (Å²) in [7, 11) is 0. The summed E-state index contributed by atoms with van der Waals surface area (Å²) in [5.41, 5.74) is 0. The topological polar surface area (TPSA) is 12.0 Å². The smallest absolute Gasteiger partial charge is 0.00179 e. The van der Waals surface area contributed by atoms with Crippen molar-refractivity contribution in [1.29, 1.82) is 0 Å². The molecule has 72 valence electrons. The molecule has 1 saturated carbocycles. The SMILES string of the molecule is CCC(CNCC(C)C)C1CC1. The average Bonchev–Trinajstić information content (AvgIpc) is 2.80. The van der Waals surface area contributed by atoms with Crippen molar-refractivity contribution in [2.24, 2.45) is 17.8 Å². The molecule has 0 spiro atoms. The van der Waals surface area contributed by atoms with Crippen molar-refractivity contribution in [2.75, 3.05) is 13.1 Å². The Bertz CT molecular complexity index is 116. The predicted octanol–water partition coefficient (Wildman–Crippen LogP) is 2.67. The van der Waals surface area contributed by atoms with Crippen LogP contribution >= 0.6 is 0 Å². The van der Waals surface area contributed by atoms with Crippen molar-refractivity contribution in [3.05, 3.63) is 0 Å². The van der Waals surface area contributed by atoms with Crippen LogP contribution in [0.5, 0.6) is 0 Å². The highest BCUT2D eigenvalue weighted by Crippen LogP contribution is 2.37. The summed E-state index contributed by atoms with van der Waals surface area (Å²) < 4.78 is 0. The maximum atomic E-state index is 3.56. The fourth-order valence-corrected chi connectivity index (χ4v) is 1.77. The molecule has 1 heteroatoms. The van der Waals surface area contributed by atoms with Crippen LogP contribution in [0.4, 0.5) is 0 Å². The molecule has 1 nitrogen and oxygen atoms in total. The van der Waals surface area contributed by atoms with Gasteiger partial charge in [0.05, 0.1) is 0 Å². The first kappa shape index (κ1) is 10.0. The van der Waals surface area contributed by atoms with Gasteiger partial charge in [-0.15, -0.1) is 0 Å². The highest BCUT2D eigenvalue weighted by molar-refractivity contribution is 4.81. The van der Waals surface area contributed by atoms with Crippen LogP contribution in [-0.2, 0) is 0 Å². The van der Waals surface area contributed by atoms with Crippen molar-refractivity contribution in [3.63, 3.8) is 0 Å². The lowest BCUT2D eigenvalue weighted by molar-refractivity contribution is 0.400. The van der Waals surface area contributed by atoms with Crippen molar-refractivity contribution < 1.29 is 0 Å². The first-order chi connectivity index (χ1) is 5.74. The summed E-state index contributed by atoms with van der Waals surface area (Å²) >= 11 is 0.